The zero-order valence-corrected chi connectivity index (χ0v) is 11.0. The third kappa shape index (κ3) is 4.90. The van der Waals surface area contributed by atoms with E-state index in [2.05, 4.69) is 18.8 Å². The first kappa shape index (κ1) is 14.2. The monoisotopic (exact) mass is 238 g/mol. The van der Waals surface area contributed by atoms with Crippen molar-refractivity contribution in [2.45, 2.75) is 64.0 Å². The fraction of sp³-hybridized carbons (Fsp3) is 0.786. The number of hydrogen-bond donors (Lipinski definition) is 2. The van der Waals surface area contributed by atoms with Crippen molar-refractivity contribution < 1.29 is 4.79 Å². The molecule has 0 bridgehead atoms. The Morgan fingerprint density at radius 2 is 2.12 bits per heavy atom. The quantitative estimate of drug-likeness (QED) is 0.698. The van der Waals surface area contributed by atoms with Gasteiger partial charge in [0.1, 0.15) is 0 Å². The average Bonchev–Trinajstić information content (AvgIpc) is 2.32. The molecule has 0 saturated heterocycles. The molecule has 17 heavy (non-hydrogen) atoms. The van der Waals surface area contributed by atoms with Crippen LogP contribution in [0.4, 0.5) is 0 Å². The summed E-state index contributed by atoms with van der Waals surface area (Å²) in [4.78, 5) is 11.7. The van der Waals surface area contributed by atoms with Crippen LogP contribution in [0.3, 0.4) is 0 Å². The van der Waals surface area contributed by atoms with Gasteiger partial charge in [0.05, 0.1) is 6.04 Å². The molecule has 1 amide bonds. The van der Waals surface area contributed by atoms with Gasteiger partial charge in [-0.05, 0) is 38.0 Å². The van der Waals surface area contributed by atoms with Crippen LogP contribution in [0.15, 0.2) is 12.7 Å². The van der Waals surface area contributed by atoms with Crippen LogP contribution in [0.25, 0.3) is 0 Å². The Morgan fingerprint density at radius 1 is 1.47 bits per heavy atom. The number of carbonyl (C=O) groups is 1. The molecule has 0 aromatic rings. The lowest BCUT2D eigenvalue weighted by atomic mass is 9.83. The summed E-state index contributed by atoms with van der Waals surface area (Å²) < 4.78 is 0. The van der Waals surface area contributed by atoms with E-state index in [-0.39, 0.29) is 5.91 Å². The molecule has 0 radical (unpaired) electrons. The number of nitrogens with two attached hydrogens (primary N) is 1. The molecule has 1 aliphatic carbocycles. The highest BCUT2D eigenvalue weighted by atomic mass is 16.2. The molecule has 1 saturated carbocycles. The summed E-state index contributed by atoms with van der Waals surface area (Å²) in [6, 6.07) is -0.0904. The number of nitrogens with one attached hydrogen (secondary N) is 1. The molecule has 0 aliphatic heterocycles. The van der Waals surface area contributed by atoms with Gasteiger partial charge in [-0.2, -0.15) is 0 Å². The summed E-state index contributed by atoms with van der Waals surface area (Å²) in [6.07, 6.45) is 9.56. The molecule has 1 atom stereocenters. The molecule has 3 N–H and O–H groups in total. The minimum Gasteiger partial charge on any atom is -0.352 e. The van der Waals surface area contributed by atoms with Crippen LogP contribution < -0.4 is 11.1 Å². The Labute approximate surface area is 105 Å². The lowest BCUT2D eigenvalue weighted by molar-refractivity contribution is -0.123. The van der Waals surface area contributed by atoms with Gasteiger partial charge >= 0.3 is 0 Å². The van der Waals surface area contributed by atoms with E-state index < -0.39 is 6.04 Å². The molecule has 1 unspecified atom stereocenters. The maximum Gasteiger partial charge on any atom is 0.237 e. The zero-order chi connectivity index (χ0) is 12.7. The third-order valence-corrected chi connectivity index (χ3v) is 3.65. The van der Waals surface area contributed by atoms with Gasteiger partial charge in [0, 0.05) is 6.04 Å². The highest BCUT2D eigenvalue weighted by Crippen LogP contribution is 2.27. The first-order chi connectivity index (χ1) is 8.17. The Bertz CT molecular complexity index is 245. The molecular formula is C14H26N2O. The number of hydrogen-bond acceptors (Lipinski definition) is 2. The van der Waals surface area contributed by atoms with Crippen LogP contribution in [0, 0.1) is 5.92 Å². The predicted octanol–water partition coefficient (Wildman–Crippen LogP) is 2.36. The Kier molecular flexibility index (Phi) is 6.27. The van der Waals surface area contributed by atoms with Gasteiger partial charge in [-0.1, -0.05) is 25.8 Å². The second kappa shape index (κ2) is 7.49. The van der Waals surface area contributed by atoms with E-state index in [0.29, 0.717) is 12.5 Å². The van der Waals surface area contributed by atoms with Crippen LogP contribution in [-0.2, 0) is 4.79 Å². The van der Waals surface area contributed by atoms with Gasteiger partial charge in [-0.3, -0.25) is 4.79 Å². The Hall–Kier alpha value is -0.830. The molecule has 1 aliphatic rings. The average molecular weight is 238 g/mol. The van der Waals surface area contributed by atoms with E-state index in [1.807, 2.05) is 0 Å². The van der Waals surface area contributed by atoms with Crippen molar-refractivity contribution in [2.75, 3.05) is 0 Å². The third-order valence-electron chi connectivity index (χ3n) is 3.65. The van der Waals surface area contributed by atoms with E-state index in [0.717, 1.165) is 18.8 Å². The Morgan fingerprint density at radius 3 is 2.65 bits per heavy atom. The molecule has 0 spiro atoms. The van der Waals surface area contributed by atoms with Gasteiger partial charge in [-0.15, -0.1) is 6.58 Å². The van der Waals surface area contributed by atoms with Crippen molar-refractivity contribution in [1.82, 2.24) is 5.32 Å². The van der Waals surface area contributed by atoms with Gasteiger partial charge in [0.2, 0.25) is 5.91 Å². The largest absolute Gasteiger partial charge is 0.352 e. The molecule has 0 aromatic heterocycles. The zero-order valence-electron chi connectivity index (χ0n) is 11.0. The fourth-order valence-corrected chi connectivity index (χ4v) is 2.60. The van der Waals surface area contributed by atoms with Crippen LogP contribution in [0.1, 0.15) is 51.9 Å². The first-order valence-corrected chi connectivity index (χ1v) is 6.84. The van der Waals surface area contributed by atoms with Crippen molar-refractivity contribution in [3.05, 3.63) is 12.7 Å². The number of carbonyl (C=O) groups excluding carboxylic acids is 1. The molecule has 3 nitrogen and oxygen atoms in total. The molecule has 0 heterocycles. The van der Waals surface area contributed by atoms with Crippen molar-refractivity contribution >= 4 is 5.91 Å². The van der Waals surface area contributed by atoms with E-state index in [4.69, 9.17) is 5.73 Å². The highest BCUT2D eigenvalue weighted by Gasteiger charge is 2.23. The number of rotatable bonds is 6. The molecule has 0 aromatic carbocycles. The summed E-state index contributed by atoms with van der Waals surface area (Å²) >= 11 is 0. The SMILES string of the molecule is C=CCC(N)C(=O)NC1CCC(CCC)CC1. The smallest absolute Gasteiger partial charge is 0.237 e. The molecular weight excluding hydrogens is 212 g/mol. The normalized spacial score (nSPS) is 26.2. The second-order valence-corrected chi connectivity index (χ2v) is 5.15. The van der Waals surface area contributed by atoms with Gasteiger partial charge in [0.25, 0.3) is 0 Å². The number of amides is 1. The molecule has 1 rings (SSSR count). The van der Waals surface area contributed by atoms with E-state index >= 15 is 0 Å². The standard InChI is InChI=1S/C14H26N2O/c1-3-5-11-7-9-12(10-8-11)16-14(17)13(15)6-4-2/h4,11-13H,2-3,5-10,15H2,1H3,(H,16,17). The highest BCUT2D eigenvalue weighted by molar-refractivity contribution is 5.81. The molecule has 98 valence electrons. The van der Waals surface area contributed by atoms with E-state index in [1.165, 1.54) is 25.7 Å². The minimum absolute atomic E-state index is 0.0242. The van der Waals surface area contributed by atoms with Gasteiger partial charge in [-0.25, -0.2) is 0 Å². The lowest BCUT2D eigenvalue weighted by Crippen LogP contribution is -2.46. The van der Waals surface area contributed by atoms with Crippen molar-refractivity contribution in [2.24, 2.45) is 11.7 Å². The van der Waals surface area contributed by atoms with Crippen molar-refractivity contribution in [3.63, 3.8) is 0 Å². The summed E-state index contributed by atoms with van der Waals surface area (Å²) in [5.41, 5.74) is 5.74. The van der Waals surface area contributed by atoms with Crippen molar-refractivity contribution in [3.8, 4) is 0 Å². The summed E-state index contributed by atoms with van der Waals surface area (Å²) in [6.45, 7) is 5.84. The molecule has 1 fully saturated rings. The predicted molar refractivity (Wildman–Crippen MR) is 71.6 cm³/mol. The minimum atomic E-state index is -0.430. The van der Waals surface area contributed by atoms with E-state index in [9.17, 15) is 4.79 Å². The summed E-state index contributed by atoms with van der Waals surface area (Å²) in [5, 5.41) is 3.05. The van der Waals surface area contributed by atoms with Crippen LogP contribution in [0.2, 0.25) is 0 Å². The maximum absolute atomic E-state index is 11.7. The fourth-order valence-electron chi connectivity index (χ4n) is 2.60. The van der Waals surface area contributed by atoms with Crippen LogP contribution in [0.5, 0.6) is 0 Å². The summed E-state index contributed by atoms with van der Waals surface area (Å²) in [5.74, 6) is 0.846. The Balaban J connectivity index is 2.25. The van der Waals surface area contributed by atoms with E-state index in [1.54, 1.807) is 6.08 Å². The van der Waals surface area contributed by atoms with Gasteiger partial charge < -0.3 is 11.1 Å². The van der Waals surface area contributed by atoms with Gasteiger partial charge in [0.15, 0.2) is 0 Å². The topological polar surface area (TPSA) is 55.1 Å². The molecule has 3 heteroatoms. The first-order valence-electron chi connectivity index (χ1n) is 6.84. The van der Waals surface area contributed by atoms with Crippen LogP contribution in [-0.4, -0.2) is 18.0 Å². The summed E-state index contributed by atoms with van der Waals surface area (Å²) in [7, 11) is 0. The van der Waals surface area contributed by atoms with Crippen molar-refractivity contribution in [1.29, 1.82) is 0 Å². The second-order valence-electron chi connectivity index (χ2n) is 5.15. The maximum atomic E-state index is 11.7. The lowest BCUT2D eigenvalue weighted by Gasteiger charge is -2.29. The van der Waals surface area contributed by atoms with Crippen LogP contribution >= 0.6 is 0 Å².